The topological polar surface area (TPSA) is 29.5 Å². The van der Waals surface area contributed by atoms with Crippen LogP contribution in [-0.2, 0) is 4.74 Å². The van der Waals surface area contributed by atoms with E-state index in [0.717, 1.165) is 37.0 Å². The second kappa shape index (κ2) is 11.4. The van der Waals surface area contributed by atoms with Gasteiger partial charge in [0.2, 0.25) is 0 Å². The fraction of sp³-hybridized carbons (Fsp3) is 0.706. The maximum atomic E-state index is 11.7. The lowest BCUT2D eigenvalue weighted by molar-refractivity contribution is -0.918. The first-order valence-electron chi connectivity index (χ1n) is 7.83. The first kappa shape index (κ1) is 20.8. The molecule has 0 bridgehead atoms. The van der Waals surface area contributed by atoms with Crippen LogP contribution in [0.15, 0.2) is 0 Å². The van der Waals surface area contributed by atoms with Crippen LogP contribution in [0.2, 0.25) is 0 Å². The molecular weight excluding hydrogens is 344 g/mol. The van der Waals surface area contributed by atoms with Crippen molar-refractivity contribution in [3.05, 3.63) is 0 Å². The van der Waals surface area contributed by atoms with Crippen molar-refractivity contribution in [1.82, 2.24) is 4.90 Å². The second-order valence-corrected chi connectivity index (χ2v) is 5.45. The van der Waals surface area contributed by atoms with Gasteiger partial charge in [-0.2, -0.15) is 0 Å². The van der Waals surface area contributed by atoms with Gasteiger partial charge in [-0.15, -0.1) is 6.42 Å². The molecule has 1 fully saturated rings. The summed E-state index contributed by atoms with van der Waals surface area (Å²) in [4.78, 5) is 13.5. The molecule has 4 nitrogen and oxygen atoms in total. The third-order valence-electron chi connectivity index (χ3n) is 3.84. The summed E-state index contributed by atoms with van der Waals surface area (Å²) in [5.74, 6) is 9.28. The summed E-state index contributed by atoms with van der Waals surface area (Å²) in [6, 6.07) is 0. The minimum Gasteiger partial charge on any atom is -1.00 e. The van der Waals surface area contributed by atoms with E-state index in [4.69, 9.17) is 11.2 Å². The van der Waals surface area contributed by atoms with Gasteiger partial charge in [0.15, 0.2) is 0 Å². The Balaban J connectivity index is 0.00000441. The van der Waals surface area contributed by atoms with Crippen molar-refractivity contribution in [3.63, 3.8) is 0 Å². The van der Waals surface area contributed by atoms with Gasteiger partial charge in [-0.25, -0.2) is 4.79 Å². The van der Waals surface area contributed by atoms with E-state index in [1.54, 1.807) is 4.90 Å². The summed E-state index contributed by atoms with van der Waals surface area (Å²) < 4.78 is 5.84. The molecule has 1 aliphatic heterocycles. The molecule has 0 saturated carbocycles. The number of terminal acetylenes is 1. The number of carbonyl (C=O) groups excluding carboxylic acids is 1. The van der Waals surface area contributed by atoms with Gasteiger partial charge >= 0.3 is 6.09 Å². The van der Waals surface area contributed by atoms with Crippen molar-refractivity contribution in [1.29, 1.82) is 0 Å². The Kier molecular flexibility index (Phi) is 10.8. The molecule has 0 spiro atoms. The molecule has 1 heterocycles. The number of ether oxygens (including phenoxy) is 1. The minimum absolute atomic E-state index is 0. The molecule has 0 radical (unpaired) electrons. The Morgan fingerprint density at radius 2 is 1.91 bits per heavy atom. The lowest BCUT2D eigenvalue weighted by atomic mass is 10.2. The second-order valence-electron chi connectivity index (χ2n) is 5.45. The standard InChI is InChI=1S/C17H27N2O2.BrH/c1-4-7-8-9-10-14-19(13-5-2)15-11-18(12-16-19)17(20)21-6-3;/h2H,4,6-8,11-16H2,1,3H3;1H/q+1;/p-1. The Morgan fingerprint density at radius 1 is 1.23 bits per heavy atom. The molecule has 0 aromatic carbocycles. The molecule has 1 amide bonds. The van der Waals surface area contributed by atoms with E-state index in [9.17, 15) is 4.79 Å². The number of unbranched alkanes of at least 4 members (excludes halogenated alkanes) is 2. The van der Waals surface area contributed by atoms with E-state index in [0.29, 0.717) is 26.2 Å². The van der Waals surface area contributed by atoms with Crippen LogP contribution in [0.25, 0.3) is 0 Å². The Labute approximate surface area is 145 Å². The molecule has 1 aliphatic rings. The van der Waals surface area contributed by atoms with Crippen molar-refractivity contribution in [2.75, 3.05) is 45.9 Å². The monoisotopic (exact) mass is 370 g/mol. The largest absolute Gasteiger partial charge is 1.00 e. The van der Waals surface area contributed by atoms with Crippen LogP contribution in [0.3, 0.4) is 0 Å². The van der Waals surface area contributed by atoms with Crippen LogP contribution in [0.5, 0.6) is 0 Å². The van der Waals surface area contributed by atoms with Gasteiger partial charge < -0.3 is 26.2 Å². The number of hydrogen-bond donors (Lipinski definition) is 0. The average molecular weight is 371 g/mol. The smallest absolute Gasteiger partial charge is 0.410 e. The normalized spacial score (nSPS) is 15.8. The molecule has 0 atom stereocenters. The molecule has 124 valence electrons. The minimum atomic E-state index is -0.218. The number of carbonyl (C=O) groups is 1. The van der Waals surface area contributed by atoms with Crippen LogP contribution in [0, 0.1) is 24.2 Å². The summed E-state index contributed by atoms with van der Waals surface area (Å²) in [5.41, 5.74) is 0. The van der Waals surface area contributed by atoms with E-state index in [-0.39, 0.29) is 23.1 Å². The van der Waals surface area contributed by atoms with Crippen LogP contribution >= 0.6 is 0 Å². The molecule has 0 N–H and O–H groups in total. The highest BCUT2D eigenvalue weighted by atomic mass is 79.9. The molecule has 22 heavy (non-hydrogen) atoms. The quantitative estimate of drug-likeness (QED) is 0.357. The van der Waals surface area contributed by atoms with Gasteiger partial charge in [-0.05, 0) is 25.2 Å². The predicted molar refractivity (Wildman–Crippen MR) is 84.5 cm³/mol. The lowest BCUT2D eigenvalue weighted by Crippen LogP contribution is -3.00. The van der Waals surface area contributed by atoms with Gasteiger partial charge in [0.25, 0.3) is 0 Å². The molecule has 0 aliphatic carbocycles. The summed E-state index contributed by atoms with van der Waals surface area (Å²) >= 11 is 0. The summed E-state index contributed by atoms with van der Waals surface area (Å²) in [5, 5.41) is 0. The SMILES string of the molecule is C#CC[N+]1(CC#CCCCC)CCN(C(=O)OCC)CC1.[Br-]. The first-order valence-corrected chi connectivity index (χ1v) is 7.83. The van der Waals surface area contributed by atoms with Gasteiger partial charge in [-0.3, -0.25) is 4.90 Å². The Hall–Kier alpha value is -1.17. The average Bonchev–Trinajstić information content (AvgIpc) is 2.48. The Bertz CT molecular complexity index is 426. The third kappa shape index (κ3) is 6.73. The zero-order valence-corrected chi connectivity index (χ0v) is 15.3. The molecule has 0 aromatic heterocycles. The Morgan fingerprint density at radius 3 is 2.45 bits per heavy atom. The first-order chi connectivity index (χ1) is 10.2. The number of nitrogens with zero attached hydrogens (tertiary/aromatic N) is 2. The van der Waals surface area contributed by atoms with Crippen molar-refractivity contribution >= 4 is 6.09 Å². The predicted octanol–water partition coefficient (Wildman–Crippen LogP) is -0.894. The van der Waals surface area contributed by atoms with Crippen LogP contribution in [0.1, 0.15) is 33.1 Å². The number of piperazine rings is 1. The number of amides is 1. The zero-order chi connectivity index (χ0) is 15.6. The van der Waals surface area contributed by atoms with Crippen molar-refractivity contribution < 1.29 is 31.0 Å². The van der Waals surface area contributed by atoms with E-state index >= 15 is 0 Å². The van der Waals surface area contributed by atoms with E-state index in [1.807, 2.05) is 6.92 Å². The molecule has 0 unspecified atom stereocenters. The van der Waals surface area contributed by atoms with Gasteiger partial charge in [-0.1, -0.05) is 19.3 Å². The van der Waals surface area contributed by atoms with E-state index < -0.39 is 0 Å². The van der Waals surface area contributed by atoms with Crippen LogP contribution in [0.4, 0.5) is 4.79 Å². The van der Waals surface area contributed by atoms with Gasteiger partial charge in [0, 0.05) is 6.42 Å². The van der Waals surface area contributed by atoms with Crippen molar-refractivity contribution in [3.8, 4) is 24.2 Å². The number of rotatable bonds is 5. The summed E-state index contributed by atoms with van der Waals surface area (Å²) in [6.45, 7) is 8.96. The van der Waals surface area contributed by atoms with Gasteiger partial charge in [0.05, 0.1) is 32.8 Å². The fourth-order valence-electron chi connectivity index (χ4n) is 2.43. The summed E-state index contributed by atoms with van der Waals surface area (Å²) in [6.07, 6.45) is 8.59. The number of quaternary nitrogens is 1. The maximum Gasteiger partial charge on any atom is 0.410 e. The highest BCUT2D eigenvalue weighted by molar-refractivity contribution is 5.67. The zero-order valence-electron chi connectivity index (χ0n) is 13.7. The third-order valence-corrected chi connectivity index (χ3v) is 3.84. The van der Waals surface area contributed by atoms with Crippen LogP contribution in [-0.4, -0.2) is 61.4 Å². The maximum absolute atomic E-state index is 11.7. The van der Waals surface area contributed by atoms with Crippen molar-refractivity contribution in [2.24, 2.45) is 0 Å². The number of hydrogen-bond acceptors (Lipinski definition) is 2. The number of halogens is 1. The molecular formula is C17H27BrN2O2. The summed E-state index contributed by atoms with van der Waals surface area (Å²) in [7, 11) is 0. The fourth-order valence-corrected chi connectivity index (χ4v) is 2.43. The highest BCUT2D eigenvalue weighted by Crippen LogP contribution is 2.13. The highest BCUT2D eigenvalue weighted by Gasteiger charge is 2.33. The molecule has 1 saturated heterocycles. The molecule has 0 aromatic rings. The van der Waals surface area contributed by atoms with E-state index in [2.05, 4.69) is 24.7 Å². The molecule has 5 heteroatoms. The van der Waals surface area contributed by atoms with Crippen LogP contribution < -0.4 is 17.0 Å². The van der Waals surface area contributed by atoms with Gasteiger partial charge in [0.1, 0.15) is 13.1 Å². The lowest BCUT2D eigenvalue weighted by Gasteiger charge is -2.42. The molecule has 1 rings (SSSR count). The van der Waals surface area contributed by atoms with E-state index in [1.165, 1.54) is 6.42 Å². The van der Waals surface area contributed by atoms with Crippen molar-refractivity contribution in [2.45, 2.75) is 33.1 Å².